The maximum atomic E-state index is 11.2. The Kier molecular flexibility index (Phi) is 4.63. The third-order valence-electron chi connectivity index (χ3n) is 3.15. The maximum absolute atomic E-state index is 11.2. The van der Waals surface area contributed by atoms with Gasteiger partial charge in [-0.2, -0.15) is 0 Å². The van der Waals surface area contributed by atoms with Gasteiger partial charge in [0, 0.05) is 13.0 Å². The van der Waals surface area contributed by atoms with Crippen LogP contribution in [0.15, 0.2) is 5.16 Å². The SMILES string of the molecule is CCCC(Sc1nnc2n1CCCCC2)C(=O)O. The largest absolute Gasteiger partial charge is 0.480 e. The quantitative estimate of drug-likeness (QED) is 0.831. The molecule has 1 unspecified atom stereocenters. The van der Waals surface area contributed by atoms with Crippen molar-refractivity contribution in [3.8, 4) is 0 Å². The Hall–Kier alpha value is -1.04. The molecule has 1 N–H and O–H groups in total. The van der Waals surface area contributed by atoms with E-state index in [1.807, 2.05) is 6.92 Å². The molecule has 0 aromatic carbocycles. The predicted molar refractivity (Wildman–Crippen MR) is 69.8 cm³/mol. The first-order valence-corrected chi connectivity index (χ1v) is 7.42. The van der Waals surface area contributed by atoms with Gasteiger partial charge in [0.05, 0.1) is 0 Å². The summed E-state index contributed by atoms with van der Waals surface area (Å²) in [7, 11) is 0. The van der Waals surface area contributed by atoms with Gasteiger partial charge in [-0.25, -0.2) is 0 Å². The van der Waals surface area contributed by atoms with Crippen LogP contribution in [0.1, 0.15) is 44.9 Å². The van der Waals surface area contributed by atoms with Gasteiger partial charge < -0.3 is 9.67 Å². The molecule has 0 aliphatic carbocycles. The number of aryl methyl sites for hydroxylation is 1. The highest BCUT2D eigenvalue weighted by Crippen LogP contribution is 2.27. The van der Waals surface area contributed by atoms with Crippen LogP contribution in [0.2, 0.25) is 0 Å². The molecule has 0 amide bonds. The van der Waals surface area contributed by atoms with Gasteiger partial charge in [-0.3, -0.25) is 4.79 Å². The number of fused-ring (bicyclic) bond motifs is 1. The highest BCUT2D eigenvalue weighted by atomic mass is 32.2. The molecule has 18 heavy (non-hydrogen) atoms. The highest BCUT2D eigenvalue weighted by molar-refractivity contribution is 8.00. The minimum Gasteiger partial charge on any atom is -0.480 e. The topological polar surface area (TPSA) is 68.0 Å². The van der Waals surface area contributed by atoms with Crippen LogP contribution in [-0.4, -0.2) is 31.1 Å². The highest BCUT2D eigenvalue weighted by Gasteiger charge is 2.23. The summed E-state index contributed by atoms with van der Waals surface area (Å²) < 4.78 is 2.10. The van der Waals surface area contributed by atoms with Crippen LogP contribution < -0.4 is 0 Å². The number of carboxylic acids is 1. The number of nitrogens with zero attached hydrogens (tertiary/aromatic N) is 3. The third kappa shape index (κ3) is 3.04. The first kappa shape index (κ1) is 13.4. The van der Waals surface area contributed by atoms with Crippen LogP contribution in [0.3, 0.4) is 0 Å². The van der Waals surface area contributed by atoms with Crippen molar-refractivity contribution in [3.05, 3.63) is 5.82 Å². The second-order valence-electron chi connectivity index (χ2n) is 4.59. The number of aliphatic carboxylic acids is 1. The molecule has 2 heterocycles. The van der Waals surface area contributed by atoms with Gasteiger partial charge in [-0.05, 0) is 19.3 Å². The van der Waals surface area contributed by atoms with Gasteiger partial charge in [-0.15, -0.1) is 10.2 Å². The van der Waals surface area contributed by atoms with Crippen LogP contribution >= 0.6 is 11.8 Å². The summed E-state index contributed by atoms with van der Waals surface area (Å²) in [5.41, 5.74) is 0. The van der Waals surface area contributed by atoms with E-state index in [9.17, 15) is 9.90 Å². The van der Waals surface area contributed by atoms with Crippen molar-refractivity contribution in [2.45, 2.75) is 62.4 Å². The Bertz CT molecular complexity index is 419. The van der Waals surface area contributed by atoms with Crippen molar-refractivity contribution in [2.75, 3.05) is 0 Å². The molecule has 0 saturated carbocycles. The lowest BCUT2D eigenvalue weighted by molar-refractivity contribution is -0.136. The van der Waals surface area contributed by atoms with Crippen molar-refractivity contribution in [1.82, 2.24) is 14.8 Å². The molecule has 0 radical (unpaired) electrons. The number of hydrogen-bond donors (Lipinski definition) is 1. The molecule has 1 atom stereocenters. The van der Waals surface area contributed by atoms with Crippen molar-refractivity contribution in [3.63, 3.8) is 0 Å². The molecule has 5 nitrogen and oxygen atoms in total. The number of thioether (sulfide) groups is 1. The second-order valence-corrected chi connectivity index (χ2v) is 5.76. The molecule has 0 spiro atoms. The van der Waals surface area contributed by atoms with Crippen LogP contribution in [-0.2, 0) is 17.8 Å². The Morgan fingerprint density at radius 3 is 3.00 bits per heavy atom. The molecule has 1 aromatic heterocycles. The van der Waals surface area contributed by atoms with E-state index in [4.69, 9.17) is 0 Å². The van der Waals surface area contributed by atoms with E-state index in [0.29, 0.717) is 6.42 Å². The van der Waals surface area contributed by atoms with E-state index < -0.39 is 11.2 Å². The number of aromatic nitrogens is 3. The lowest BCUT2D eigenvalue weighted by Crippen LogP contribution is -2.17. The van der Waals surface area contributed by atoms with E-state index in [2.05, 4.69) is 14.8 Å². The molecule has 1 aliphatic rings. The fraction of sp³-hybridized carbons (Fsp3) is 0.750. The fourth-order valence-corrected chi connectivity index (χ4v) is 3.29. The monoisotopic (exact) mass is 269 g/mol. The minimum absolute atomic E-state index is 0.411. The number of carbonyl (C=O) groups is 1. The first-order valence-electron chi connectivity index (χ1n) is 6.54. The molecule has 0 fully saturated rings. The van der Waals surface area contributed by atoms with E-state index in [0.717, 1.165) is 43.2 Å². The molecule has 2 rings (SSSR count). The summed E-state index contributed by atoms with van der Waals surface area (Å²) in [4.78, 5) is 11.2. The Labute approximate surface area is 111 Å². The average Bonchev–Trinajstić information content (AvgIpc) is 2.58. The first-order chi connectivity index (χ1) is 8.72. The molecule has 1 aliphatic heterocycles. The average molecular weight is 269 g/mol. The summed E-state index contributed by atoms with van der Waals surface area (Å²) in [6.07, 6.45) is 5.99. The lowest BCUT2D eigenvalue weighted by atomic mass is 10.2. The van der Waals surface area contributed by atoms with Crippen LogP contribution in [0.4, 0.5) is 0 Å². The standard InChI is InChI=1S/C12H19N3O2S/c1-2-6-9(11(16)17)18-12-14-13-10-7-4-3-5-8-15(10)12/h9H,2-8H2,1H3,(H,16,17). The minimum atomic E-state index is -0.757. The molecule has 0 saturated heterocycles. The number of carboxylic acid groups (broad SMARTS) is 1. The molecule has 0 bridgehead atoms. The Morgan fingerprint density at radius 1 is 1.44 bits per heavy atom. The van der Waals surface area contributed by atoms with Crippen molar-refractivity contribution < 1.29 is 9.90 Å². The van der Waals surface area contributed by atoms with E-state index in [1.165, 1.54) is 18.2 Å². The summed E-state index contributed by atoms with van der Waals surface area (Å²) in [5, 5.41) is 17.9. The predicted octanol–water partition coefficient (Wildman–Crippen LogP) is 2.35. The smallest absolute Gasteiger partial charge is 0.317 e. The van der Waals surface area contributed by atoms with Crippen LogP contribution in [0, 0.1) is 0 Å². The van der Waals surface area contributed by atoms with Crippen molar-refractivity contribution in [2.24, 2.45) is 0 Å². The number of hydrogen-bond acceptors (Lipinski definition) is 4. The Balaban J connectivity index is 2.13. The van der Waals surface area contributed by atoms with Gasteiger partial charge in [0.25, 0.3) is 0 Å². The second kappa shape index (κ2) is 6.22. The van der Waals surface area contributed by atoms with Gasteiger partial charge in [0.15, 0.2) is 5.16 Å². The van der Waals surface area contributed by atoms with E-state index in [-0.39, 0.29) is 0 Å². The van der Waals surface area contributed by atoms with E-state index >= 15 is 0 Å². The molecule has 100 valence electrons. The van der Waals surface area contributed by atoms with Crippen LogP contribution in [0.25, 0.3) is 0 Å². The molecular formula is C12H19N3O2S. The maximum Gasteiger partial charge on any atom is 0.317 e. The zero-order valence-electron chi connectivity index (χ0n) is 10.6. The summed E-state index contributed by atoms with van der Waals surface area (Å²) in [5.74, 6) is 0.253. The lowest BCUT2D eigenvalue weighted by Gasteiger charge is -2.11. The van der Waals surface area contributed by atoms with Gasteiger partial charge in [-0.1, -0.05) is 31.5 Å². The fourth-order valence-electron chi connectivity index (χ4n) is 2.17. The van der Waals surface area contributed by atoms with Crippen LogP contribution in [0.5, 0.6) is 0 Å². The molecule has 1 aromatic rings. The summed E-state index contributed by atoms with van der Waals surface area (Å²) in [6.45, 7) is 2.92. The number of rotatable bonds is 5. The molecular weight excluding hydrogens is 250 g/mol. The van der Waals surface area contributed by atoms with Crippen molar-refractivity contribution in [1.29, 1.82) is 0 Å². The zero-order valence-corrected chi connectivity index (χ0v) is 11.4. The van der Waals surface area contributed by atoms with Gasteiger partial charge >= 0.3 is 5.97 Å². The molecule has 6 heteroatoms. The zero-order chi connectivity index (χ0) is 13.0. The van der Waals surface area contributed by atoms with E-state index in [1.54, 1.807) is 0 Å². The van der Waals surface area contributed by atoms with Crippen molar-refractivity contribution >= 4 is 17.7 Å². The normalized spacial score (nSPS) is 16.9. The third-order valence-corrected chi connectivity index (χ3v) is 4.38. The van der Waals surface area contributed by atoms with Gasteiger partial charge in [0.2, 0.25) is 0 Å². The van der Waals surface area contributed by atoms with Gasteiger partial charge in [0.1, 0.15) is 11.1 Å². The summed E-state index contributed by atoms with van der Waals surface area (Å²) in [6, 6.07) is 0. The Morgan fingerprint density at radius 2 is 2.28 bits per heavy atom. The summed E-state index contributed by atoms with van der Waals surface area (Å²) >= 11 is 1.34.